The zero-order chi connectivity index (χ0) is 16.5. The Morgan fingerprint density at radius 1 is 0.957 bits per heavy atom. The van der Waals surface area contributed by atoms with Gasteiger partial charge in [0.1, 0.15) is 6.21 Å². The lowest BCUT2D eigenvalue weighted by molar-refractivity contribution is -0.134. The van der Waals surface area contributed by atoms with Crippen LogP contribution >= 0.6 is 0 Å². The molecule has 0 saturated carbocycles. The average Bonchev–Trinajstić information content (AvgIpc) is 2.60. The van der Waals surface area contributed by atoms with Crippen LogP contribution in [0.25, 0.3) is 0 Å². The fourth-order valence-corrected chi connectivity index (χ4v) is 1.79. The van der Waals surface area contributed by atoms with Gasteiger partial charge in [-0.2, -0.15) is 4.99 Å². The van der Waals surface area contributed by atoms with Gasteiger partial charge in [-0.15, -0.1) is 0 Å². The van der Waals surface area contributed by atoms with Crippen LogP contribution < -0.4 is 0 Å². The minimum Gasteiger partial charge on any atom is -0.462 e. The van der Waals surface area contributed by atoms with Crippen molar-refractivity contribution < 1.29 is 14.3 Å². The van der Waals surface area contributed by atoms with E-state index in [1.807, 2.05) is 12.1 Å². The molecule has 0 spiro atoms. The lowest BCUT2D eigenvalue weighted by atomic mass is 10.2. The molecule has 0 aliphatic rings. The number of nitrogens with zero attached hydrogens (tertiary/aromatic N) is 2. The molecule has 0 N–H and O–H groups in total. The highest BCUT2D eigenvalue weighted by molar-refractivity contribution is 6.27. The van der Waals surface area contributed by atoms with Gasteiger partial charge in [0, 0.05) is 11.1 Å². The van der Waals surface area contributed by atoms with Crippen molar-refractivity contribution in [2.45, 2.75) is 6.92 Å². The average molecular weight is 308 g/mol. The molecule has 0 heterocycles. The molecule has 0 aliphatic heterocycles. The monoisotopic (exact) mass is 308 g/mol. The number of benzene rings is 2. The molecule has 0 unspecified atom stereocenters. The summed E-state index contributed by atoms with van der Waals surface area (Å²) in [5, 5.41) is 0. The first-order chi connectivity index (χ1) is 11.2. The first kappa shape index (κ1) is 16.3. The first-order valence-electron chi connectivity index (χ1n) is 7.15. The van der Waals surface area contributed by atoms with Crippen molar-refractivity contribution in [2.75, 3.05) is 6.61 Å². The maximum atomic E-state index is 12.2. The Kier molecular flexibility index (Phi) is 5.94. The predicted molar refractivity (Wildman–Crippen MR) is 88.9 cm³/mol. The van der Waals surface area contributed by atoms with Crippen molar-refractivity contribution >= 4 is 23.9 Å². The van der Waals surface area contributed by atoms with E-state index in [1.54, 1.807) is 55.5 Å². The second-order valence-corrected chi connectivity index (χ2v) is 4.48. The van der Waals surface area contributed by atoms with Crippen LogP contribution in [0.4, 0.5) is 0 Å². The van der Waals surface area contributed by atoms with Gasteiger partial charge in [0.05, 0.1) is 6.61 Å². The van der Waals surface area contributed by atoms with Crippen molar-refractivity contribution in [3.63, 3.8) is 0 Å². The van der Waals surface area contributed by atoms with Crippen molar-refractivity contribution in [3.05, 3.63) is 71.8 Å². The zero-order valence-corrected chi connectivity index (χ0v) is 12.7. The smallest absolute Gasteiger partial charge is 0.349 e. The third-order valence-corrected chi connectivity index (χ3v) is 2.84. The standard InChI is InChI=1S/C18H16N2O3/c1-2-23-16(21)13-19-17(14-9-5-3-6-10-14)20-18(22)15-11-7-4-8-12-15/h3-13H,2H2,1H3. The van der Waals surface area contributed by atoms with Crippen molar-refractivity contribution in [1.82, 2.24) is 0 Å². The van der Waals surface area contributed by atoms with Crippen LogP contribution in [0.15, 0.2) is 70.6 Å². The second kappa shape index (κ2) is 8.38. The van der Waals surface area contributed by atoms with E-state index in [9.17, 15) is 9.59 Å². The molecule has 23 heavy (non-hydrogen) atoms. The molecule has 0 fully saturated rings. The van der Waals surface area contributed by atoms with E-state index in [4.69, 9.17) is 4.74 Å². The Labute approximate surface area is 134 Å². The summed E-state index contributed by atoms with van der Waals surface area (Å²) in [7, 11) is 0. The van der Waals surface area contributed by atoms with Gasteiger partial charge in [0.15, 0.2) is 5.84 Å². The molecule has 1 amide bonds. The summed E-state index contributed by atoms with van der Waals surface area (Å²) in [6.45, 7) is 1.96. The van der Waals surface area contributed by atoms with Crippen LogP contribution in [0, 0.1) is 0 Å². The number of carbonyl (C=O) groups excluding carboxylic acids is 2. The fraction of sp³-hybridized carbons (Fsp3) is 0.111. The highest BCUT2D eigenvalue weighted by atomic mass is 16.5. The van der Waals surface area contributed by atoms with E-state index in [0.29, 0.717) is 11.1 Å². The maximum absolute atomic E-state index is 12.2. The van der Waals surface area contributed by atoms with Gasteiger partial charge in [-0.3, -0.25) is 4.79 Å². The molecular weight excluding hydrogens is 292 g/mol. The van der Waals surface area contributed by atoms with Gasteiger partial charge in [-0.05, 0) is 19.1 Å². The summed E-state index contributed by atoms with van der Waals surface area (Å²) in [5.74, 6) is -0.846. The van der Waals surface area contributed by atoms with Gasteiger partial charge >= 0.3 is 5.97 Å². The number of ether oxygens (including phenoxy) is 1. The van der Waals surface area contributed by atoms with E-state index in [2.05, 4.69) is 9.98 Å². The minimum atomic E-state index is -0.580. The number of rotatable bonds is 4. The molecule has 116 valence electrons. The minimum absolute atomic E-state index is 0.160. The van der Waals surface area contributed by atoms with Crippen LogP contribution in [0.5, 0.6) is 0 Å². The maximum Gasteiger partial charge on any atom is 0.349 e. The van der Waals surface area contributed by atoms with E-state index in [1.165, 1.54) is 0 Å². The SMILES string of the molecule is CCOC(=O)C=NC(=NC(=O)c1ccccc1)c1ccccc1. The summed E-state index contributed by atoms with van der Waals surface area (Å²) >= 11 is 0. The fourth-order valence-electron chi connectivity index (χ4n) is 1.79. The molecule has 5 heteroatoms. The summed E-state index contributed by atoms with van der Waals surface area (Å²) in [6.07, 6.45) is 1.02. The van der Waals surface area contributed by atoms with Crippen molar-refractivity contribution in [2.24, 2.45) is 9.98 Å². The molecule has 0 saturated heterocycles. The Balaban J connectivity index is 2.32. The number of aliphatic imine (C=N–C) groups is 2. The van der Waals surface area contributed by atoms with E-state index in [0.717, 1.165) is 6.21 Å². The normalized spacial score (nSPS) is 11.4. The highest BCUT2D eigenvalue weighted by Gasteiger charge is 2.08. The molecule has 0 radical (unpaired) electrons. The number of hydrogen-bond donors (Lipinski definition) is 0. The van der Waals surface area contributed by atoms with Gasteiger partial charge in [0.2, 0.25) is 0 Å². The number of esters is 1. The number of carbonyl (C=O) groups is 2. The molecule has 0 aromatic heterocycles. The van der Waals surface area contributed by atoms with Crippen LogP contribution in [0.3, 0.4) is 0 Å². The third kappa shape index (κ3) is 5.00. The van der Waals surface area contributed by atoms with E-state index in [-0.39, 0.29) is 12.4 Å². The summed E-state index contributed by atoms with van der Waals surface area (Å²) in [5.41, 5.74) is 1.09. The topological polar surface area (TPSA) is 68.1 Å². The molecular formula is C18H16N2O3. The summed E-state index contributed by atoms with van der Waals surface area (Å²) in [6, 6.07) is 17.6. The van der Waals surface area contributed by atoms with Crippen molar-refractivity contribution in [3.8, 4) is 0 Å². The van der Waals surface area contributed by atoms with Crippen LogP contribution in [-0.2, 0) is 9.53 Å². The third-order valence-electron chi connectivity index (χ3n) is 2.84. The largest absolute Gasteiger partial charge is 0.462 e. The van der Waals surface area contributed by atoms with Gasteiger partial charge in [0.25, 0.3) is 5.91 Å². The Morgan fingerprint density at radius 3 is 2.09 bits per heavy atom. The van der Waals surface area contributed by atoms with Crippen molar-refractivity contribution in [1.29, 1.82) is 0 Å². The Morgan fingerprint density at radius 2 is 1.52 bits per heavy atom. The van der Waals surface area contributed by atoms with Crippen LogP contribution in [-0.4, -0.2) is 30.5 Å². The number of amidine groups is 1. The predicted octanol–water partition coefficient (Wildman–Crippen LogP) is 2.91. The number of amides is 1. The molecule has 0 bridgehead atoms. The number of hydrogen-bond acceptors (Lipinski definition) is 3. The zero-order valence-electron chi connectivity index (χ0n) is 12.7. The Hall–Kier alpha value is -3.08. The summed E-state index contributed by atoms with van der Waals surface area (Å²) < 4.78 is 4.79. The molecule has 0 atom stereocenters. The molecule has 2 aromatic carbocycles. The molecule has 0 aliphatic carbocycles. The lowest BCUT2D eigenvalue weighted by Crippen LogP contribution is -2.09. The molecule has 2 aromatic rings. The van der Waals surface area contributed by atoms with Gasteiger partial charge in [-0.1, -0.05) is 48.5 Å². The molecule has 5 nitrogen and oxygen atoms in total. The molecule has 2 rings (SSSR count). The van der Waals surface area contributed by atoms with Gasteiger partial charge in [-0.25, -0.2) is 9.79 Å². The first-order valence-corrected chi connectivity index (χ1v) is 7.15. The van der Waals surface area contributed by atoms with E-state index < -0.39 is 11.9 Å². The summed E-state index contributed by atoms with van der Waals surface area (Å²) in [4.78, 5) is 31.7. The van der Waals surface area contributed by atoms with Crippen LogP contribution in [0.2, 0.25) is 0 Å². The van der Waals surface area contributed by atoms with Crippen LogP contribution in [0.1, 0.15) is 22.8 Å². The quantitative estimate of drug-likeness (QED) is 0.495. The lowest BCUT2D eigenvalue weighted by Gasteiger charge is -2.01. The van der Waals surface area contributed by atoms with E-state index >= 15 is 0 Å². The second-order valence-electron chi connectivity index (χ2n) is 4.48. The highest BCUT2D eigenvalue weighted by Crippen LogP contribution is 2.06. The van der Waals surface area contributed by atoms with Gasteiger partial charge < -0.3 is 4.74 Å². The Bertz CT molecular complexity index is 722.